The van der Waals surface area contributed by atoms with E-state index in [4.69, 9.17) is 0 Å². The molecule has 2 fully saturated rings. The van der Waals surface area contributed by atoms with E-state index < -0.39 is 6.10 Å². The Hall–Kier alpha value is -2.73. The van der Waals surface area contributed by atoms with Gasteiger partial charge in [0, 0.05) is 24.7 Å². The Kier molecular flexibility index (Phi) is 7.36. The summed E-state index contributed by atoms with van der Waals surface area (Å²) in [7, 11) is 0. The number of carbonyl (C=O) groups is 2. The van der Waals surface area contributed by atoms with E-state index in [1.165, 1.54) is 0 Å². The van der Waals surface area contributed by atoms with Gasteiger partial charge < -0.3 is 15.7 Å². The average Bonchev–Trinajstić information content (AvgIpc) is 2.85. The number of hydrogen-bond acceptors (Lipinski definition) is 4. The van der Waals surface area contributed by atoms with Crippen LogP contribution in [0.3, 0.4) is 0 Å². The monoisotopic (exact) mass is 463 g/mol. The maximum atomic E-state index is 13.0. The number of amides is 2. The molecular weight excluding hydrogens is 426 g/mol. The largest absolute Gasteiger partial charge is 0.392 e. The van der Waals surface area contributed by atoms with Gasteiger partial charge in [0.05, 0.1) is 6.10 Å². The van der Waals surface area contributed by atoms with Gasteiger partial charge in [-0.05, 0) is 66.5 Å². The van der Waals surface area contributed by atoms with Crippen molar-refractivity contribution in [2.75, 3.05) is 0 Å². The van der Waals surface area contributed by atoms with Gasteiger partial charge in [-0.1, -0.05) is 57.2 Å². The highest BCUT2D eigenvalue weighted by Crippen LogP contribution is 2.55. The first-order chi connectivity index (χ1) is 16.3. The van der Waals surface area contributed by atoms with Gasteiger partial charge in [-0.25, -0.2) is 0 Å². The first kappa shape index (κ1) is 24.4. The van der Waals surface area contributed by atoms with Crippen LogP contribution in [0.5, 0.6) is 0 Å². The summed E-state index contributed by atoms with van der Waals surface area (Å²) in [5, 5.41) is 17.8. The molecule has 6 nitrogen and oxygen atoms in total. The van der Waals surface area contributed by atoms with Crippen LogP contribution in [0.15, 0.2) is 54.7 Å². The number of rotatable bonds is 6. The van der Waals surface area contributed by atoms with Crippen molar-refractivity contribution >= 4 is 11.8 Å². The SMILES string of the molecule is C[C@@H]1[C@@H]2[C@@H](O)[C@H]([C@H](C)C(=O)NCc3ccccc3)CC[C@]2(C)CC[C@@H]1NC(=O)c1ccccn1. The lowest BCUT2D eigenvalue weighted by atomic mass is 9.51. The van der Waals surface area contributed by atoms with Crippen molar-refractivity contribution in [1.29, 1.82) is 0 Å². The number of aliphatic hydroxyl groups excluding tert-OH is 1. The number of pyridine rings is 1. The van der Waals surface area contributed by atoms with E-state index in [0.29, 0.717) is 12.2 Å². The zero-order valence-electron chi connectivity index (χ0n) is 20.4. The molecule has 1 aromatic heterocycles. The van der Waals surface area contributed by atoms with E-state index in [1.54, 1.807) is 18.3 Å². The molecule has 182 valence electrons. The highest BCUT2D eigenvalue weighted by atomic mass is 16.3. The molecule has 1 aromatic carbocycles. The van der Waals surface area contributed by atoms with Crippen molar-refractivity contribution < 1.29 is 14.7 Å². The lowest BCUT2D eigenvalue weighted by molar-refractivity contribution is -0.142. The van der Waals surface area contributed by atoms with Crippen LogP contribution in [0.4, 0.5) is 0 Å². The van der Waals surface area contributed by atoms with Crippen LogP contribution in [-0.4, -0.2) is 34.1 Å². The number of nitrogens with one attached hydrogen (secondary N) is 2. The summed E-state index contributed by atoms with van der Waals surface area (Å²) in [6.45, 7) is 6.83. The van der Waals surface area contributed by atoms with Crippen LogP contribution in [0.25, 0.3) is 0 Å². The smallest absolute Gasteiger partial charge is 0.270 e. The molecule has 0 aliphatic heterocycles. The van der Waals surface area contributed by atoms with E-state index in [2.05, 4.69) is 29.5 Å². The third-order valence-electron chi connectivity index (χ3n) is 8.47. The van der Waals surface area contributed by atoms with E-state index in [9.17, 15) is 14.7 Å². The van der Waals surface area contributed by atoms with E-state index in [1.807, 2.05) is 43.3 Å². The van der Waals surface area contributed by atoms with Crippen molar-refractivity contribution in [1.82, 2.24) is 15.6 Å². The number of hydrogen-bond donors (Lipinski definition) is 3. The molecule has 0 bridgehead atoms. The van der Waals surface area contributed by atoms with E-state index >= 15 is 0 Å². The average molecular weight is 464 g/mol. The summed E-state index contributed by atoms with van der Waals surface area (Å²) >= 11 is 0. The minimum atomic E-state index is -0.583. The predicted molar refractivity (Wildman–Crippen MR) is 132 cm³/mol. The maximum absolute atomic E-state index is 13.0. The highest BCUT2D eigenvalue weighted by Gasteiger charge is 2.53. The van der Waals surface area contributed by atoms with Crippen LogP contribution >= 0.6 is 0 Å². The molecule has 3 N–H and O–H groups in total. The summed E-state index contributed by atoms with van der Waals surface area (Å²) in [5.41, 5.74) is 1.49. The lowest BCUT2D eigenvalue weighted by Gasteiger charge is -2.56. The van der Waals surface area contributed by atoms with Crippen molar-refractivity contribution in [2.24, 2.45) is 29.1 Å². The first-order valence-electron chi connectivity index (χ1n) is 12.5. The van der Waals surface area contributed by atoms with Crippen LogP contribution in [0, 0.1) is 29.1 Å². The number of nitrogens with zero attached hydrogens (tertiary/aromatic N) is 1. The molecule has 1 heterocycles. The van der Waals surface area contributed by atoms with Crippen LogP contribution in [0.2, 0.25) is 0 Å². The van der Waals surface area contributed by atoms with Crippen LogP contribution < -0.4 is 10.6 Å². The van der Waals surface area contributed by atoms with Gasteiger partial charge >= 0.3 is 0 Å². The predicted octanol–water partition coefficient (Wildman–Crippen LogP) is 3.96. The van der Waals surface area contributed by atoms with E-state index in [-0.39, 0.29) is 46.9 Å². The van der Waals surface area contributed by atoms with Crippen molar-refractivity contribution in [3.05, 3.63) is 66.0 Å². The fourth-order valence-electron chi connectivity index (χ4n) is 6.38. The molecule has 4 rings (SSSR count). The second kappa shape index (κ2) is 10.3. The van der Waals surface area contributed by atoms with Crippen LogP contribution in [0.1, 0.15) is 62.5 Å². The third kappa shape index (κ3) is 5.02. The van der Waals surface area contributed by atoms with Crippen molar-refractivity contribution in [2.45, 2.75) is 65.1 Å². The Morgan fingerprint density at radius 2 is 1.82 bits per heavy atom. The number of benzene rings is 1. The second-order valence-electron chi connectivity index (χ2n) is 10.6. The van der Waals surface area contributed by atoms with E-state index in [0.717, 1.165) is 31.2 Å². The molecule has 2 saturated carbocycles. The molecule has 7 atom stereocenters. The maximum Gasteiger partial charge on any atom is 0.270 e. The zero-order chi connectivity index (χ0) is 24.3. The van der Waals surface area contributed by atoms with Crippen molar-refractivity contribution in [3.63, 3.8) is 0 Å². The third-order valence-corrected chi connectivity index (χ3v) is 8.47. The van der Waals surface area contributed by atoms with Crippen LogP contribution in [-0.2, 0) is 11.3 Å². The van der Waals surface area contributed by atoms with Gasteiger partial charge in [-0.3, -0.25) is 14.6 Å². The van der Waals surface area contributed by atoms with Gasteiger partial charge in [-0.15, -0.1) is 0 Å². The van der Waals surface area contributed by atoms with Gasteiger partial charge in [0.25, 0.3) is 5.91 Å². The Morgan fingerprint density at radius 3 is 2.53 bits per heavy atom. The van der Waals surface area contributed by atoms with Gasteiger partial charge in [0.15, 0.2) is 0 Å². The Morgan fingerprint density at radius 1 is 1.12 bits per heavy atom. The summed E-state index contributed by atoms with van der Waals surface area (Å²) in [6, 6.07) is 15.2. The molecule has 0 spiro atoms. The molecule has 2 aromatic rings. The molecule has 34 heavy (non-hydrogen) atoms. The van der Waals surface area contributed by atoms with Gasteiger partial charge in [-0.2, -0.15) is 0 Å². The summed E-state index contributed by atoms with van der Waals surface area (Å²) in [6.07, 6.45) is 4.70. The quantitative estimate of drug-likeness (QED) is 0.605. The fourth-order valence-corrected chi connectivity index (χ4v) is 6.38. The van der Waals surface area contributed by atoms with Crippen molar-refractivity contribution in [3.8, 4) is 0 Å². The lowest BCUT2D eigenvalue weighted by Crippen LogP contribution is -2.58. The molecule has 0 saturated heterocycles. The summed E-state index contributed by atoms with van der Waals surface area (Å²) < 4.78 is 0. The molecule has 0 unspecified atom stereocenters. The second-order valence-corrected chi connectivity index (χ2v) is 10.6. The minimum Gasteiger partial charge on any atom is -0.392 e. The molecule has 6 heteroatoms. The normalized spacial score (nSPS) is 31.7. The molecule has 0 radical (unpaired) electrons. The topological polar surface area (TPSA) is 91.3 Å². The van der Waals surface area contributed by atoms with Gasteiger partial charge in [0.2, 0.25) is 5.91 Å². The summed E-state index contributed by atoms with van der Waals surface area (Å²) in [4.78, 5) is 29.9. The molecule has 2 aliphatic rings. The Labute approximate surface area is 202 Å². The molecular formula is C28H37N3O3. The van der Waals surface area contributed by atoms with Gasteiger partial charge in [0.1, 0.15) is 5.69 Å². The number of aliphatic hydroxyl groups is 1. The number of aromatic nitrogens is 1. The molecule has 2 amide bonds. The highest BCUT2D eigenvalue weighted by molar-refractivity contribution is 5.92. The summed E-state index contributed by atoms with van der Waals surface area (Å²) in [5.74, 6) is -0.431. The zero-order valence-corrected chi connectivity index (χ0v) is 20.4. The minimum absolute atomic E-state index is 0.0139. The number of carbonyl (C=O) groups excluding carboxylic acids is 2. The Bertz CT molecular complexity index is 983. The number of fused-ring (bicyclic) bond motifs is 1. The standard InChI is InChI=1S/C28H37N3O3/c1-18(26(33)30-17-20-9-5-4-6-10-20)21-12-14-28(3)15-13-22(19(2)24(28)25(21)32)31-27(34)23-11-7-8-16-29-23/h4-11,16,18-19,21-22,24-25,32H,12-15,17H2,1-3H3,(H,30,33)(H,31,34)/t18-,19-,21-,22-,24+,25-,28+/m0/s1. The fraction of sp³-hybridized carbons (Fsp3) is 0.536. The molecule has 2 aliphatic carbocycles. The Balaban J connectivity index is 1.42. The first-order valence-corrected chi connectivity index (χ1v) is 12.5.